The minimum absolute atomic E-state index is 0.807. The number of nitrogens with one attached hydrogen (secondary N) is 1. The summed E-state index contributed by atoms with van der Waals surface area (Å²) in [5.41, 5.74) is 0.807. The van der Waals surface area contributed by atoms with Crippen LogP contribution in [0.1, 0.15) is 51.4 Å². The highest BCUT2D eigenvalue weighted by molar-refractivity contribution is 5.06. The van der Waals surface area contributed by atoms with E-state index < -0.39 is 0 Å². The highest BCUT2D eigenvalue weighted by Crippen LogP contribution is 2.61. The van der Waals surface area contributed by atoms with Crippen molar-refractivity contribution < 1.29 is 0 Å². The van der Waals surface area contributed by atoms with E-state index in [0.29, 0.717) is 0 Å². The summed E-state index contributed by atoms with van der Waals surface area (Å²) in [6, 6.07) is 1.70. The minimum atomic E-state index is 0.807. The molecule has 0 spiro atoms. The van der Waals surface area contributed by atoms with Crippen LogP contribution in [-0.2, 0) is 0 Å². The first-order chi connectivity index (χ1) is 8.34. The Morgan fingerprint density at radius 3 is 2.47 bits per heavy atom. The molecular formula is C15H26N2. The maximum Gasteiger partial charge on any atom is 0.0198 e. The second-order valence-corrected chi connectivity index (χ2v) is 7.15. The molecule has 0 aromatic rings. The van der Waals surface area contributed by atoms with Gasteiger partial charge in [0.25, 0.3) is 0 Å². The summed E-state index contributed by atoms with van der Waals surface area (Å²) in [7, 11) is 0. The smallest absolute Gasteiger partial charge is 0.0198 e. The fraction of sp³-hybridized carbons (Fsp3) is 1.00. The van der Waals surface area contributed by atoms with E-state index in [2.05, 4.69) is 10.2 Å². The third-order valence-electron chi connectivity index (χ3n) is 5.43. The molecule has 1 saturated heterocycles. The first-order valence-electron chi connectivity index (χ1n) is 7.82. The molecule has 0 aromatic heterocycles. The van der Waals surface area contributed by atoms with Crippen molar-refractivity contribution >= 4 is 0 Å². The maximum absolute atomic E-state index is 3.83. The third kappa shape index (κ3) is 2.39. The second-order valence-electron chi connectivity index (χ2n) is 7.15. The van der Waals surface area contributed by atoms with E-state index >= 15 is 0 Å². The van der Waals surface area contributed by atoms with Crippen molar-refractivity contribution in [2.75, 3.05) is 19.6 Å². The lowest BCUT2D eigenvalue weighted by molar-refractivity contribution is 0.149. The lowest BCUT2D eigenvalue weighted by Gasteiger charge is -2.35. The average Bonchev–Trinajstić information content (AvgIpc) is 3.13. The SMILES string of the molecule is C1CC(NC2CC2)CN(CC2(C3CC3)CC2)C1. The molecular weight excluding hydrogens is 208 g/mol. The first kappa shape index (κ1) is 10.8. The van der Waals surface area contributed by atoms with Gasteiger partial charge in [0, 0.05) is 25.2 Å². The summed E-state index contributed by atoms with van der Waals surface area (Å²) >= 11 is 0. The van der Waals surface area contributed by atoms with Crippen molar-refractivity contribution in [1.29, 1.82) is 0 Å². The molecule has 0 bridgehead atoms. The van der Waals surface area contributed by atoms with Gasteiger partial charge in [-0.2, -0.15) is 0 Å². The van der Waals surface area contributed by atoms with Crippen LogP contribution >= 0.6 is 0 Å². The maximum atomic E-state index is 3.83. The number of hydrogen-bond donors (Lipinski definition) is 1. The molecule has 1 aliphatic heterocycles. The predicted octanol–water partition coefficient (Wildman–Crippen LogP) is 2.39. The zero-order valence-electron chi connectivity index (χ0n) is 11.0. The summed E-state index contributed by atoms with van der Waals surface area (Å²) in [5.74, 6) is 1.12. The number of piperidine rings is 1. The molecule has 1 N–H and O–H groups in total. The van der Waals surface area contributed by atoms with E-state index in [1.54, 1.807) is 0 Å². The molecule has 96 valence electrons. The van der Waals surface area contributed by atoms with Gasteiger partial charge in [-0.1, -0.05) is 0 Å². The second kappa shape index (κ2) is 3.96. The van der Waals surface area contributed by atoms with Gasteiger partial charge in [-0.05, 0) is 69.2 Å². The van der Waals surface area contributed by atoms with Crippen LogP contribution in [0.2, 0.25) is 0 Å². The highest BCUT2D eigenvalue weighted by Gasteiger charge is 2.54. The molecule has 1 unspecified atom stereocenters. The molecule has 3 aliphatic carbocycles. The van der Waals surface area contributed by atoms with Crippen molar-refractivity contribution in [3.63, 3.8) is 0 Å². The standard InChI is InChI=1S/C15H26N2/c1-2-14(16-13-5-6-13)10-17(9-1)11-15(7-8-15)12-3-4-12/h12-14,16H,1-11H2. The molecule has 1 heterocycles. The summed E-state index contributed by atoms with van der Waals surface area (Å²) in [4.78, 5) is 2.79. The monoisotopic (exact) mass is 234 g/mol. The van der Waals surface area contributed by atoms with Gasteiger partial charge in [-0.3, -0.25) is 0 Å². The van der Waals surface area contributed by atoms with Gasteiger partial charge in [0.2, 0.25) is 0 Å². The van der Waals surface area contributed by atoms with E-state index in [-0.39, 0.29) is 0 Å². The van der Waals surface area contributed by atoms with Crippen LogP contribution in [-0.4, -0.2) is 36.6 Å². The Hall–Kier alpha value is -0.0800. The molecule has 2 nitrogen and oxygen atoms in total. The Kier molecular flexibility index (Phi) is 2.52. The van der Waals surface area contributed by atoms with E-state index in [1.165, 1.54) is 71.0 Å². The Labute approximate surface area is 105 Å². The molecule has 0 amide bonds. The fourth-order valence-corrected chi connectivity index (χ4v) is 3.92. The van der Waals surface area contributed by atoms with Crippen LogP contribution in [0, 0.1) is 11.3 Å². The number of nitrogens with zero attached hydrogens (tertiary/aromatic N) is 1. The first-order valence-corrected chi connectivity index (χ1v) is 7.82. The van der Waals surface area contributed by atoms with E-state index in [4.69, 9.17) is 0 Å². The van der Waals surface area contributed by atoms with Crippen LogP contribution in [0.15, 0.2) is 0 Å². The van der Waals surface area contributed by atoms with Crippen LogP contribution in [0.3, 0.4) is 0 Å². The average molecular weight is 234 g/mol. The Morgan fingerprint density at radius 2 is 1.82 bits per heavy atom. The minimum Gasteiger partial charge on any atom is -0.310 e. The van der Waals surface area contributed by atoms with E-state index in [1.807, 2.05) is 0 Å². The van der Waals surface area contributed by atoms with Gasteiger partial charge >= 0.3 is 0 Å². The van der Waals surface area contributed by atoms with E-state index in [9.17, 15) is 0 Å². The molecule has 4 aliphatic rings. The van der Waals surface area contributed by atoms with Crippen molar-refractivity contribution in [2.24, 2.45) is 11.3 Å². The topological polar surface area (TPSA) is 15.3 Å². The van der Waals surface area contributed by atoms with Gasteiger partial charge in [0.1, 0.15) is 0 Å². The zero-order chi connectivity index (χ0) is 11.3. The third-order valence-corrected chi connectivity index (χ3v) is 5.43. The molecule has 4 rings (SSSR count). The largest absolute Gasteiger partial charge is 0.310 e. The van der Waals surface area contributed by atoms with Gasteiger partial charge < -0.3 is 10.2 Å². The van der Waals surface area contributed by atoms with Crippen LogP contribution in [0.5, 0.6) is 0 Å². The molecule has 17 heavy (non-hydrogen) atoms. The molecule has 1 atom stereocenters. The van der Waals surface area contributed by atoms with Gasteiger partial charge in [0.15, 0.2) is 0 Å². The van der Waals surface area contributed by atoms with Crippen molar-refractivity contribution in [3.05, 3.63) is 0 Å². The normalized spacial score (nSPS) is 37.1. The van der Waals surface area contributed by atoms with Crippen molar-refractivity contribution in [2.45, 2.75) is 63.5 Å². The fourth-order valence-electron chi connectivity index (χ4n) is 3.92. The van der Waals surface area contributed by atoms with Gasteiger partial charge in [-0.15, -0.1) is 0 Å². The Morgan fingerprint density at radius 1 is 1.00 bits per heavy atom. The lowest BCUT2D eigenvalue weighted by atomic mass is 9.97. The summed E-state index contributed by atoms with van der Waals surface area (Å²) < 4.78 is 0. The van der Waals surface area contributed by atoms with Crippen LogP contribution in [0.25, 0.3) is 0 Å². The molecule has 3 saturated carbocycles. The number of likely N-dealkylation sites (tertiary alicyclic amines) is 1. The van der Waals surface area contributed by atoms with Gasteiger partial charge in [-0.25, -0.2) is 0 Å². The molecule has 4 fully saturated rings. The van der Waals surface area contributed by atoms with Crippen molar-refractivity contribution in [3.8, 4) is 0 Å². The van der Waals surface area contributed by atoms with E-state index in [0.717, 1.165) is 23.4 Å². The summed E-state index contributed by atoms with van der Waals surface area (Å²) in [5, 5.41) is 3.83. The zero-order valence-corrected chi connectivity index (χ0v) is 11.0. The summed E-state index contributed by atoms with van der Waals surface area (Å²) in [6.45, 7) is 4.14. The quantitative estimate of drug-likeness (QED) is 0.786. The lowest BCUT2D eigenvalue weighted by Crippen LogP contribution is -2.48. The highest BCUT2D eigenvalue weighted by atomic mass is 15.2. The Balaban J connectivity index is 1.31. The van der Waals surface area contributed by atoms with Crippen LogP contribution < -0.4 is 5.32 Å². The Bertz CT molecular complexity index is 289. The number of hydrogen-bond acceptors (Lipinski definition) is 2. The van der Waals surface area contributed by atoms with Crippen molar-refractivity contribution in [1.82, 2.24) is 10.2 Å². The predicted molar refractivity (Wildman–Crippen MR) is 70.0 cm³/mol. The molecule has 0 radical (unpaired) electrons. The molecule has 2 heteroatoms. The van der Waals surface area contributed by atoms with Gasteiger partial charge in [0.05, 0.1) is 0 Å². The van der Waals surface area contributed by atoms with Crippen LogP contribution in [0.4, 0.5) is 0 Å². The molecule has 0 aromatic carbocycles. The number of rotatable bonds is 5. The summed E-state index contributed by atoms with van der Waals surface area (Å²) in [6.07, 6.45) is 11.9.